The predicted octanol–water partition coefficient (Wildman–Crippen LogP) is 2.83. The first-order chi connectivity index (χ1) is 12.6. The third-order valence-electron chi connectivity index (χ3n) is 5.61. The Morgan fingerprint density at radius 2 is 2.08 bits per heavy atom. The summed E-state index contributed by atoms with van der Waals surface area (Å²) in [7, 11) is 0. The second-order valence-corrected chi connectivity index (χ2v) is 7.21. The van der Waals surface area contributed by atoms with Gasteiger partial charge in [-0.15, -0.1) is 0 Å². The Morgan fingerprint density at radius 3 is 2.77 bits per heavy atom. The molecule has 1 aromatic carbocycles. The van der Waals surface area contributed by atoms with Gasteiger partial charge in [0.2, 0.25) is 11.9 Å². The third-order valence-corrected chi connectivity index (χ3v) is 5.61. The number of hydrogen-bond acceptors (Lipinski definition) is 4. The van der Waals surface area contributed by atoms with E-state index in [-0.39, 0.29) is 11.9 Å². The fourth-order valence-corrected chi connectivity index (χ4v) is 3.91. The Hall–Kier alpha value is -1.92. The molecule has 1 saturated carbocycles. The Balaban J connectivity index is 1.75. The number of likely N-dealkylation sites (N-methyl/N-ethyl adjacent to an activating group) is 1. The van der Waals surface area contributed by atoms with Crippen LogP contribution >= 0.6 is 0 Å². The Morgan fingerprint density at radius 1 is 1.31 bits per heavy atom. The van der Waals surface area contributed by atoms with Gasteiger partial charge in [-0.05, 0) is 44.0 Å². The zero-order chi connectivity index (χ0) is 18.5. The van der Waals surface area contributed by atoms with E-state index in [1.54, 1.807) is 0 Å². The van der Waals surface area contributed by atoms with Crippen LogP contribution in [0.3, 0.4) is 0 Å². The average molecular weight is 358 g/mol. The van der Waals surface area contributed by atoms with Gasteiger partial charge in [-0.2, -0.15) is 0 Å². The number of nitrogens with zero attached hydrogens (tertiary/aromatic N) is 3. The van der Waals surface area contributed by atoms with E-state index in [2.05, 4.69) is 39.7 Å². The molecule has 0 unspecified atom stereocenters. The molecule has 3 N–H and O–H groups in total. The summed E-state index contributed by atoms with van der Waals surface area (Å²) in [5.41, 5.74) is 8.10. The fourth-order valence-electron chi connectivity index (χ4n) is 3.91. The molecule has 26 heavy (non-hydrogen) atoms. The number of fused-ring (bicyclic) bond motifs is 1. The number of nitrogens with two attached hydrogens (primary N) is 1. The summed E-state index contributed by atoms with van der Waals surface area (Å²) in [6.07, 6.45) is 3.69. The molecule has 3 rings (SSSR count). The van der Waals surface area contributed by atoms with Gasteiger partial charge in [-0.3, -0.25) is 10.1 Å². The van der Waals surface area contributed by atoms with E-state index in [4.69, 9.17) is 5.73 Å². The summed E-state index contributed by atoms with van der Waals surface area (Å²) in [6.45, 7) is 8.12. The molecule has 1 fully saturated rings. The number of benzene rings is 1. The van der Waals surface area contributed by atoms with Crippen molar-refractivity contribution >= 4 is 22.9 Å². The molecule has 6 heteroatoms. The number of imidazole rings is 1. The van der Waals surface area contributed by atoms with Crippen molar-refractivity contribution in [3.63, 3.8) is 0 Å². The lowest BCUT2D eigenvalue weighted by Gasteiger charge is -2.19. The maximum absolute atomic E-state index is 12.6. The van der Waals surface area contributed by atoms with Crippen molar-refractivity contribution in [3.05, 3.63) is 24.3 Å². The van der Waals surface area contributed by atoms with E-state index < -0.39 is 0 Å². The maximum Gasteiger partial charge on any atom is 0.227 e. The van der Waals surface area contributed by atoms with E-state index in [1.807, 2.05) is 18.2 Å². The summed E-state index contributed by atoms with van der Waals surface area (Å²) in [6, 6.07) is 8.20. The summed E-state index contributed by atoms with van der Waals surface area (Å²) < 4.78 is 2.13. The molecule has 0 bridgehead atoms. The number of aromatic nitrogens is 2. The number of para-hydroxylation sites is 2. The minimum atomic E-state index is 0.0201. The Bertz CT molecular complexity index is 737. The van der Waals surface area contributed by atoms with Gasteiger partial charge in [-0.1, -0.05) is 32.4 Å². The molecule has 1 aliphatic carbocycles. The Kier molecular flexibility index (Phi) is 6.27. The number of carbonyl (C=O) groups is 1. The van der Waals surface area contributed by atoms with E-state index in [9.17, 15) is 4.79 Å². The summed E-state index contributed by atoms with van der Waals surface area (Å²) in [5.74, 6) is 0.963. The van der Waals surface area contributed by atoms with Gasteiger partial charge in [-0.25, -0.2) is 4.98 Å². The molecule has 142 valence electrons. The lowest BCUT2D eigenvalue weighted by molar-refractivity contribution is -0.117. The highest BCUT2D eigenvalue weighted by Gasteiger charge is 2.26. The zero-order valence-electron chi connectivity index (χ0n) is 15.9. The average Bonchev–Trinajstić information content (AvgIpc) is 3.19. The maximum atomic E-state index is 12.6. The van der Waals surface area contributed by atoms with Crippen molar-refractivity contribution in [1.82, 2.24) is 14.5 Å². The van der Waals surface area contributed by atoms with Gasteiger partial charge < -0.3 is 15.2 Å². The van der Waals surface area contributed by atoms with Crippen molar-refractivity contribution in [2.45, 2.75) is 52.1 Å². The first-order valence-electron chi connectivity index (χ1n) is 9.85. The smallest absolute Gasteiger partial charge is 0.227 e. The monoisotopic (exact) mass is 357 g/mol. The van der Waals surface area contributed by atoms with E-state index >= 15 is 0 Å². The van der Waals surface area contributed by atoms with Crippen molar-refractivity contribution in [2.75, 3.05) is 25.0 Å². The number of amides is 1. The van der Waals surface area contributed by atoms with E-state index in [1.165, 1.54) is 0 Å². The molecule has 6 nitrogen and oxygen atoms in total. The van der Waals surface area contributed by atoms with E-state index in [0.717, 1.165) is 56.5 Å². The molecule has 1 heterocycles. The molecule has 0 aliphatic heterocycles. The number of anilines is 1. The standard InChI is InChI=1S/C20H31N5O/c1-3-24(4-2)12-13-25-18-11-6-5-10-17(18)22-20(25)23-19(26)14-15-8-7-9-16(15)21/h5-6,10-11,15-16H,3-4,7-9,12-14,21H2,1-2H3,(H,22,23,26)/t15-,16+/m0/s1. The highest BCUT2D eigenvalue weighted by Crippen LogP contribution is 2.27. The van der Waals surface area contributed by atoms with Crippen LogP contribution in [0.25, 0.3) is 11.0 Å². The normalized spacial score (nSPS) is 20.2. The molecule has 1 aliphatic rings. The molecule has 0 radical (unpaired) electrons. The molecule has 1 aromatic heterocycles. The zero-order valence-corrected chi connectivity index (χ0v) is 15.9. The van der Waals surface area contributed by atoms with Gasteiger partial charge in [0.1, 0.15) is 0 Å². The van der Waals surface area contributed by atoms with Gasteiger partial charge in [0.25, 0.3) is 0 Å². The quantitative estimate of drug-likeness (QED) is 0.762. The highest BCUT2D eigenvalue weighted by atomic mass is 16.1. The van der Waals surface area contributed by atoms with Crippen LogP contribution < -0.4 is 11.1 Å². The SMILES string of the molecule is CCN(CC)CCn1c(NC(=O)C[C@@H]2CCC[C@H]2N)nc2ccccc21. The van der Waals surface area contributed by atoms with Crippen LogP contribution in [-0.4, -0.2) is 46.0 Å². The van der Waals surface area contributed by atoms with Crippen LogP contribution in [0.15, 0.2) is 24.3 Å². The minimum absolute atomic E-state index is 0.0201. The van der Waals surface area contributed by atoms with Gasteiger partial charge >= 0.3 is 0 Å². The molecular weight excluding hydrogens is 326 g/mol. The van der Waals surface area contributed by atoms with Crippen LogP contribution in [-0.2, 0) is 11.3 Å². The highest BCUT2D eigenvalue weighted by molar-refractivity contribution is 5.91. The predicted molar refractivity (Wildman–Crippen MR) is 106 cm³/mol. The van der Waals surface area contributed by atoms with Crippen molar-refractivity contribution in [2.24, 2.45) is 11.7 Å². The Labute approximate surface area is 155 Å². The fraction of sp³-hybridized carbons (Fsp3) is 0.600. The molecule has 2 aromatic rings. The van der Waals surface area contributed by atoms with Gasteiger partial charge in [0, 0.05) is 25.6 Å². The van der Waals surface area contributed by atoms with Gasteiger partial charge in [0.15, 0.2) is 0 Å². The summed E-state index contributed by atoms with van der Waals surface area (Å²) >= 11 is 0. The van der Waals surface area contributed by atoms with Crippen molar-refractivity contribution < 1.29 is 4.79 Å². The number of rotatable bonds is 8. The molecule has 0 saturated heterocycles. The second-order valence-electron chi connectivity index (χ2n) is 7.21. The largest absolute Gasteiger partial charge is 0.327 e. The molecular formula is C20H31N5O. The molecule has 2 atom stereocenters. The lowest BCUT2D eigenvalue weighted by atomic mass is 10.00. The molecule has 0 spiro atoms. The first-order valence-corrected chi connectivity index (χ1v) is 9.85. The summed E-state index contributed by atoms with van der Waals surface area (Å²) in [4.78, 5) is 19.6. The third kappa shape index (κ3) is 4.24. The van der Waals surface area contributed by atoms with Crippen molar-refractivity contribution in [3.8, 4) is 0 Å². The van der Waals surface area contributed by atoms with Gasteiger partial charge in [0.05, 0.1) is 11.0 Å². The number of nitrogens with one attached hydrogen (secondary N) is 1. The van der Waals surface area contributed by atoms with Crippen molar-refractivity contribution in [1.29, 1.82) is 0 Å². The van der Waals surface area contributed by atoms with Crippen LogP contribution in [0.5, 0.6) is 0 Å². The lowest BCUT2D eigenvalue weighted by Crippen LogP contribution is -2.29. The number of carbonyl (C=O) groups excluding carboxylic acids is 1. The van der Waals surface area contributed by atoms with Crippen LogP contribution in [0.1, 0.15) is 39.5 Å². The molecule has 1 amide bonds. The topological polar surface area (TPSA) is 76.2 Å². The minimum Gasteiger partial charge on any atom is -0.327 e. The summed E-state index contributed by atoms with van der Waals surface area (Å²) in [5, 5.41) is 3.05. The second kappa shape index (κ2) is 8.64. The van der Waals surface area contributed by atoms with Crippen LogP contribution in [0.4, 0.5) is 5.95 Å². The van der Waals surface area contributed by atoms with E-state index in [0.29, 0.717) is 18.3 Å². The number of hydrogen-bond donors (Lipinski definition) is 2. The van der Waals surface area contributed by atoms with Crippen LogP contribution in [0, 0.1) is 5.92 Å². The van der Waals surface area contributed by atoms with Crippen LogP contribution in [0.2, 0.25) is 0 Å². The first kappa shape index (κ1) is 18.9.